The van der Waals surface area contributed by atoms with E-state index in [2.05, 4.69) is 5.10 Å². The van der Waals surface area contributed by atoms with Crippen molar-refractivity contribution in [1.29, 1.82) is 0 Å². The number of nitrogens with zero attached hydrogens (tertiary/aromatic N) is 4. The van der Waals surface area contributed by atoms with Gasteiger partial charge in [-0.15, -0.1) is 0 Å². The molecule has 8 heteroatoms. The lowest BCUT2D eigenvalue weighted by Crippen LogP contribution is -2.49. The van der Waals surface area contributed by atoms with Crippen LogP contribution in [-0.2, 0) is 16.6 Å². The Morgan fingerprint density at radius 1 is 1.15 bits per heavy atom. The molecule has 1 aliphatic heterocycles. The van der Waals surface area contributed by atoms with Gasteiger partial charge in [-0.25, -0.2) is 8.42 Å². The maximum atomic E-state index is 12.8. The molecule has 0 bridgehead atoms. The van der Waals surface area contributed by atoms with Crippen molar-refractivity contribution in [2.75, 3.05) is 33.7 Å². The zero-order chi connectivity index (χ0) is 19.0. The molecule has 7 nitrogen and oxygen atoms in total. The van der Waals surface area contributed by atoms with E-state index in [1.54, 1.807) is 15.2 Å². The average molecular weight is 385 g/mol. The second-order valence-corrected chi connectivity index (χ2v) is 10.3. The topological polar surface area (TPSA) is 78.7 Å². The molecule has 1 aliphatic carbocycles. The van der Waals surface area contributed by atoms with Crippen molar-refractivity contribution in [1.82, 2.24) is 19.0 Å². The molecule has 1 spiro atoms. The predicted molar refractivity (Wildman–Crippen MR) is 100 cm³/mol. The summed E-state index contributed by atoms with van der Waals surface area (Å²) in [6.07, 6.45) is 8.41. The van der Waals surface area contributed by atoms with Gasteiger partial charge in [0.1, 0.15) is 4.90 Å². The first kappa shape index (κ1) is 19.8. The zero-order valence-corrected chi connectivity index (χ0v) is 17.0. The van der Waals surface area contributed by atoms with Crippen LogP contribution in [0.25, 0.3) is 0 Å². The molecule has 26 heavy (non-hydrogen) atoms. The van der Waals surface area contributed by atoms with Gasteiger partial charge in [0.2, 0.25) is 10.0 Å². The Morgan fingerprint density at radius 3 is 2.27 bits per heavy atom. The fourth-order valence-electron chi connectivity index (χ4n) is 4.49. The van der Waals surface area contributed by atoms with Crippen molar-refractivity contribution < 1.29 is 13.5 Å². The Kier molecular flexibility index (Phi) is 5.50. The average Bonchev–Trinajstić information content (AvgIpc) is 3.08. The minimum absolute atomic E-state index is 0.193. The Hall–Kier alpha value is -0.960. The molecule has 1 N–H and O–H groups in total. The van der Waals surface area contributed by atoms with Crippen molar-refractivity contribution in [3.63, 3.8) is 0 Å². The van der Waals surface area contributed by atoms with E-state index in [9.17, 15) is 13.5 Å². The Bertz CT molecular complexity index is 711. The van der Waals surface area contributed by atoms with Gasteiger partial charge in [-0.05, 0) is 65.0 Å². The van der Waals surface area contributed by atoms with E-state index in [-0.39, 0.29) is 5.41 Å². The monoisotopic (exact) mass is 384 g/mol. The highest BCUT2D eigenvalue weighted by Gasteiger charge is 2.45. The fourth-order valence-corrected chi connectivity index (χ4v) is 5.89. The molecule has 148 valence electrons. The quantitative estimate of drug-likeness (QED) is 0.833. The molecule has 1 aromatic heterocycles. The molecular weight excluding hydrogens is 352 g/mol. The SMILES string of the molecule is CCn1cc(S(=O)(=O)N2CCC3(CC2)CCC(O)(CN(C)C)CC3)cn1. The molecule has 1 saturated carbocycles. The number of sulfonamides is 1. The van der Waals surface area contributed by atoms with E-state index in [0.29, 0.717) is 31.1 Å². The van der Waals surface area contributed by atoms with Gasteiger partial charge in [-0.2, -0.15) is 9.40 Å². The van der Waals surface area contributed by atoms with Gasteiger partial charge < -0.3 is 10.0 Å². The van der Waals surface area contributed by atoms with Crippen LogP contribution in [-0.4, -0.2) is 71.8 Å². The number of piperidine rings is 1. The van der Waals surface area contributed by atoms with Gasteiger partial charge in [0.05, 0.1) is 11.8 Å². The zero-order valence-electron chi connectivity index (χ0n) is 16.2. The number of aliphatic hydroxyl groups is 1. The third kappa shape index (κ3) is 3.98. The van der Waals surface area contributed by atoms with Gasteiger partial charge in [-0.1, -0.05) is 0 Å². The normalized spacial score (nSPS) is 23.6. The van der Waals surface area contributed by atoms with Gasteiger partial charge in [0.25, 0.3) is 0 Å². The van der Waals surface area contributed by atoms with Crippen LogP contribution in [0.5, 0.6) is 0 Å². The third-order valence-corrected chi connectivity index (χ3v) is 8.06. The van der Waals surface area contributed by atoms with Crippen LogP contribution in [0, 0.1) is 5.41 Å². The van der Waals surface area contributed by atoms with Gasteiger partial charge in [-0.3, -0.25) is 4.68 Å². The van der Waals surface area contributed by atoms with Crippen LogP contribution in [0.15, 0.2) is 17.3 Å². The Morgan fingerprint density at radius 2 is 1.77 bits per heavy atom. The second kappa shape index (κ2) is 7.22. The summed E-state index contributed by atoms with van der Waals surface area (Å²) >= 11 is 0. The summed E-state index contributed by atoms with van der Waals surface area (Å²) in [5.74, 6) is 0. The standard InChI is InChI=1S/C18H32N4O3S/c1-4-21-14-16(13-19-21)26(24,25)22-11-9-17(10-12-22)5-7-18(23,8-6-17)15-20(2)3/h13-14,23H,4-12,15H2,1-3H3. The fraction of sp³-hybridized carbons (Fsp3) is 0.833. The van der Waals surface area contributed by atoms with Gasteiger partial charge >= 0.3 is 0 Å². The molecule has 2 heterocycles. The van der Waals surface area contributed by atoms with Crippen LogP contribution >= 0.6 is 0 Å². The lowest BCUT2D eigenvalue weighted by molar-refractivity contribution is -0.0592. The number of aromatic nitrogens is 2. The van der Waals surface area contributed by atoms with Crippen molar-refractivity contribution in [2.24, 2.45) is 5.41 Å². The van der Waals surface area contributed by atoms with Crippen LogP contribution in [0.1, 0.15) is 45.4 Å². The highest BCUT2D eigenvalue weighted by molar-refractivity contribution is 7.89. The largest absolute Gasteiger partial charge is 0.389 e. The first-order chi connectivity index (χ1) is 12.2. The van der Waals surface area contributed by atoms with Crippen LogP contribution < -0.4 is 0 Å². The van der Waals surface area contributed by atoms with Gasteiger partial charge in [0.15, 0.2) is 0 Å². The second-order valence-electron chi connectivity index (χ2n) is 8.40. The van der Waals surface area contributed by atoms with Crippen molar-refractivity contribution >= 4 is 10.0 Å². The summed E-state index contributed by atoms with van der Waals surface area (Å²) in [6.45, 7) is 4.42. The van der Waals surface area contributed by atoms with Crippen LogP contribution in [0.2, 0.25) is 0 Å². The first-order valence-electron chi connectivity index (χ1n) is 9.58. The molecule has 1 saturated heterocycles. The summed E-state index contributed by atoms with van der Waals surface area (Å²) < 4.78 is 28.9. The lowest BCUT2D eigenvalue weighted by atomic mass is 9.64. The van der Waals surface area contributed by atoms with E-state index in [1.807, 2.05) is 25.9 Å². The van der Waals surface area contributed by atoms with E-state index >= 15 is 0 Å². The molecule has 0 amide bonds. The number of hydrogen-bond acceptors (Lipinski definition) is 5. The van der Waals surface area contributed by atoms with Crippen LogP contribution in [0.4, 0.5) is 0 Å². The summed E-state index contributed by atoms with van der Waals surface area (Å²) in [6, 6.07) is 0. The van der Waals surface area contributed by atoms with E-state index in [1.165, 1.54) is 6.20 Å². The van der Waals surface area contributed by atoms with Crippen molar-refractivity contribution in [3.8, 4) is 0 Å². The Labute approximate surface area is 157 Å². The molecule has 0 unspecified atom stereocenters. The molecular formula is C18H32N4O3S. The molecule has 3 rings (SSSR count). The third-order valence-electron chi connectivity index (χ3n) is 6.21. The van der Waals surface area contributed by atoms with Crippen molar-refractivity contribution in [2.45, 2.75) is 62.5 Å². The van der Waals surface area contributed by atoms with E-state index in [0.717, 1.165) is 38.5 Å². The molecule has 2 aliphatic rings. The summed E-state index contributed by atoms with van der Waals surface area (Å²) in [4.78, 5) is 2.34. The predicted octanol–water partition coefficient (Wildman–Crippen LogP) is 1.54. The highest BCUT2D eigenvalue weighted by Crippen LogP contribution is 2.48. The number of rotatable bonds is 5. The molecule has 0 radical (unpaired) electrons. The minimum atomic E-state index is -3.45. The van der Waals surface area contributed by atoms with Crippen LogP contribution in [0.3, 0.4) is 0 Å². The molecule has 0 atom stereocenters. The smallest absolute Gasteiger partial charge is 0.246 e. The molecule has 0 aromatic carbocycles. The van der Waals surface area contributed by atoms with Gasteiger partial charge in [0, 0.05) is 32.4 Å². The highest BCUT2D eigenvalue weighted by atomic mass is 32.2. The summed E-state index contributed by atoms with van der Waals surface area (Å²) in [5, 5.41) is 14.9. The van der Waals surface area contributed by atoms with Crippen molar-refractivity contribution in [3.05, 3.63) is 12.4 Å². The Balaban J connectivity index is 1.61. The first-order valence-corrected chi connectivity index (χ1v) is 11.0. The lowest BCUT2D eigenvalue weighted by Gasteiger charge is -2.48. The minimum Gasteiger partial charge on any atom is -0.389 e. The number of hydrogen-bond donors (Lipinski definition) is 1. The maximum Gasteiger partial charge on any atom is 0.246 e. The van der Waals surface area contributed by atoms with E-state index < -0.39 is 15.6 Å². The summed E-state index contributed by atoms with van der Waals surface area (Å²) in [7, 11) is 0.533. The summed E-state index contributed by atoms with van der Waals surface area (Å²) in [5.41, 5.74) is -0.398. The molecule has 1 aromatic rings. The maximum absolute atomic E-state index is 12.8. The molecule has 2 fully saturated rings. The number of aryl methyl sites for hydroxylation is 1. The van der Waals surface area contributed by atoms with E-state index in [4.69, 9.17) is 0 Å². The number of likely N-dealkylation sites (N-methyl/N-ethyl adjacent to an activating group) is 1.